The third-order valence-electron chi connectivity index (χ3n) is 2.20. The van der Waals surface area contributed by atoms with Gasteiger partial charge in [0, 0.05) is 5.56 Å². The molecule has 0 bridgehead atoms. The lowest BCUT2D eigenvalue weighted by Crippen LogP contribution is -1.98. The van der Waals surface area contributed by atoms with Crippen LogP contribution in [0.2, 0.25) is 0 Å². The Morgan fingerprint density at radius 1 is 1.13 bits per heavy atom. The van der Waals surface area contributed by atoms with Crippen molar-refractivity contribution in [2.75, 3.05) is 5.73 Å². The number of hydrogen-bond acceptors (Lipinski definition) is 3. The van der Waals surface area contributed by atoms with Crippen LogP contribution >= 0.6 is 0 Å². The van der Waals surface area contributed by atoms with E-state index in [-0.39, 0.29) is 5.82 Å². The van der Waals surface area contributed by atoms with Gasteiger partial charge >= 0.3 is 0 Å². The fraction of sp³-hybridized carbons (Fsp3) is 0.0909. The zero-order valence-electron chi connectivity index (χ0n) is 8.24. The van der Waals surface area contributed by atoms with E-state index in [1.165, 1.54) is 18.5 Å². The summed E-state index contributed by atoms with van der Waals surface area (Å²) < 4.78 is 12.7. The van der Waals surface area contributed by atoms with Crippen LogP contribution in [0.4, 0.5) is 10.2 Å². The van der Waals surface area contributed by atoms with E-state index >= 15 is 0 Å². The van der Waals surface area contributed by atoms with Crippen molar-refractivity contribution in [3.63, 3.8) is 0 Å². The maximum Gasteiger partial charge on any atom is 0.134 e. The van der Waals surface area contributed by atoms with E-state index in [0.717, 1.165) is 16.8 Å². The summed E-state index contributed by atoms with van der Waals surface area (Å²) in [4.78, 5) is 7.97. The highest BCUT2D eigenvalue weighted by molar-refractivity contribution is 5.75. The van der Waals surface area contributed by atoms with Crippen LogP contribution in [-0.4, -0.2) is 9.97 Å². The molecule has 1 heterocycles. The maximum atomic E-state index is 12.7. The van der Waals surface area contributed by atoms with Crippen LogP contribution in [0, 0.1) is 12.7 Å². The van der Waals surface area contributed by atoms with Crippen LogP contribution in [0.25, 0.3) is 11.1 Å². The van der Waals surface area contributed by atoms with Gasteiger partial charge in [-0.2, -0.15) is 0 Å². The van der Waals surface area contributed by atoms with E-state index in [2.05, 4.69) is 9.97 Å². The van der Waals surface area contributed by atoms with Crippen molar-refractivity contribution in [2.45, 2.75) is 6.92 Å². The van der Waals surface area contributed by atoms with Crippen molar-refractivity contribution in [1.29, 1.82) is 0 Å². The lowest BCUT2D eigenvalue weighted by atomic mass is 10.1. The van der Waals surface area contributed by atoms with Gasteiger partial charge in [0.1, 0.15) is 18.0 Å². The molecule has 0 spiro atoms. The number of nitrogen functional groups attached to an aromatic ring is 1. The third-order valence-corrected chi connectivity index (χ3v) is 2.20. The van der Waals surface area contributed by atoms with Crippen molar-refractivity contribution in [3.05, 3.63) is 42.1 Å². The smallest absolute Gasteiger partial charge is 0.134 e. The molecule has 0 saturated carbocycles. The zero-order valence-corrected chi connectivity index (χ0v) is 8.24. The molecule has 1 aromatic heterocycles. The lowest BCUT2D eigenvalue weighted by Gasteiger charge is -2.07. The molecule has 0 aliphatic rings. The highest BCUT2D eigenvalue weighted by Crippen LogP contribution is 2.26. The number of aromatic nitrogens is 2. The fourth-order valence-electron chi connectivity index (χ4n) is 1.47. The molecule has 4 heteroatoms. The van der Waals surface area contributed by atoms with E-state index in [1.54, 1.807) is 12.1 Å². The quantitative estimate of drug-likeness (QED) is 0.772. The molecule has 2 N–H and O–H groups in total. The van der Waals surface area contributed by atoms with Gasteiger partial charge in [0.15, 0.2) is 0 Å². The Balaban J connectivity index is 2.58. The van der Waals surface area contributed by atoms with Gasteiger partial charge in [0.05, 0.1) is 5.69 Å². The van der Waals surface area contributed by atoms with Crippen molar-refractivity contribution >= 4 is 5.82 Å². The Morgan fingerprint density at radius 2 is 1.80 bits per heavy atom. The molecule has 0 atom stereocenters. The van der Waals surface area contributed by atoms with Crippen LogP contribution in [0.1, 0.15) is 5.69 Å². The highest BCUT2D eigenvalue weighted by atomic mass is 19.1. The number of halogens is 1. The fourth-order valence-corrected chi connectivity index (χ4v) is 1.47. The van der Waals surface area contributed by atoms with E-state index in [0.29, 0.717) is 5.82 Å². The van der Waals surface area contributed by atoms with Crippen LogP contribution in [0.15, 0.2) is 30.6 Å². The van der Waals surface area contributed by atoms with E-state index < -0.39 is 0 Å². The number of nitrogens with two attached hydrogens (primary N) is 1. The molecule has 0 unspecified atom stereocenters. The zero-order chi connectivity index (χ0) is 10.8. The van der Waals surface area contributed by atoms with Crippen molar-refractivity contribution in [3.8, 4) is 11.1 Å². The average molecular weight is 203 g/mol. The SMILES string of the molecule is Cc1ncnc(N)c1-c1ccc(F)cc1. The van der Waals surface area contributed by atoms with Crippen molar-refractivity contribution in [1.82, 2.24) is 9.97 Å². The van der Waals surface area contributed by atoms with Gasteiger partial charge < -0.3 is 5.73 Å². The molecule has 1 aromatic carbocycles. The van der Waals surface area contributed by atoms with E-state index in [9.17, 15) is 4.39 Å². The summed E-state index contributed by atoms with van der Waals surface area (Å²) in [6.45, 7) is 1.84. The Hall–Kier alpha value is -1.97. The molecular formula is C11H10FN3. The van der Waals surface area contributed by atoms with Gasteiger partial charge in [-0.1, -0.05) is 12.1 Å². The molecule has 2 aromatic rings. The molecule has 15 heavy (non-hydrogen) atoms. The summed E-state index contributed by atoms with van der Waals surface area (Å²) in [6.07, 6.45) is 1.41. The Kier molecular flexibility index (Phi) is 2.33. The number of rotatable bonds is 1. The average Bonchev–Trinajstić information content (AvgIpc) is 2.20. The lowest BCUT2D eigenvalue weighted by molar-refractivity contribution is 0.628. The predicted molar refractivity (Wildman–Crippen MR) is 56.6 cm³/mol. The largest absolute Gasteiger partial charge is 0.383 e. The summed E-state index contributed by atoms with van der Waals surface area (Å²) >= 11 is 0. The van der Waals surface area contributed by atoms with Gasteiger partial charge in [-0.25, -0.2) is 14.4 Å². The summed E-state index contributed by atoms with van der Waals surface area (Å²) in [5, 5.41) is 0. The summed E-state index contributed by atoms with van der Waals surface area (Å²) in [7, 11) is 0. The second-order valence-electron chi connectivity index (χ2n) is 3.23. The molecule has 0 radical (unpaired) electrons. The van der Waals surface area contributed by atoms with E-state index in [1.807, 2.05) is 6.92 Å². The van der Waals surface area contributed by atoms with Crippen molar-refractivity contribution in [2.24, 2.45) is 0 Å². The first-order valence-corrected chi connectivity index (χ1v) is 4.51. The van der Waals surface area contributed by atoms with E-state index in [4.69, 9.17) is 5.73 Å². The first kappa shape index (κ1) is 9.58. The first-order chi connectivity index (χ1) is 7.18. The minimum atomic E-state index is -0.271. The van der Waals surface area contributed by atoms with Gasteiger partial charge in [-0.05, 0) is 24.6 Å². The van der Waals surface area contributed by atoms with Crippen LogP contribution < -0.4 is 5.73 Å². The van der Waals surface area contributed by atoms with Crippen LogP contribution in [0.5, 0.6) is 0 Å². The molecule has 0 aliphatic carbocycles. The highest BCUT2D eigenvalue weighted by Gasteiger charge is 2.07. The summed E-state index contributed by atoms with van der Waals surface area (Å²) in [5.41, 5.74) is 8.12. The normalized spacial score (nSPS) is 10.3. The van der Waals surface area contributed by atoms with Crippen LogP contribution in [-0.2, 0) is 0 Å². The van der Waals surface area contributed by atoms with Crippen LogP contribution in [0.3, 0.4) is 0 Å². The standard InChI is InChI=1S/C11H10FN3/c1-7-10(11(13)15-6-14-7)8-2-4-9(12)5-3-8/h2-6H,1H3,(H2,13,14,15). The Labute approximate surface area is 86.8 Å². The molecule has 3 nitrogen and oxygen atoms in total. The molecule has 2 rings (SSSR count). The second-order valence-corrected chi connectivity index (χ2v) is 3.23. The Bertz CT molecular complexity index is 459. The summed E-state index contributed by atoms with van der Waals surface area (Å²) in [6, 6.07) is 6.11. The minimum Gasteiger partial charge on any atom is -0.383 e. The maximum absolute atomic E-state index is 12.7. The van der Waals surface area contributed by atoms with Gasteiger partial charge in [0.2, 0.25) is 0 Å². The summed E-state index contributed by atoms with van der Waals surface area (Å²) in [5.74, 6) is 0.140. The second kappa shape index (κ2) is 3.65. The topological polar surface area (TPSA) is 51.8 Å². The number of benzene rings is 1. The number of hydrogen-bond donors (Lipinski definition) is 1. The van der Waals surface area contributed by atoms with Gasteiger partial charge in [0.25, 0.3) is 0 Å². The number of nitrogens with zero attached hydrogens (tertiary/aromatic N) is 2. The molecule has 0 aliphatic heterocycles. The van der Waals surface area contributed by atoms with Gasteiger partial charge in [-0.15, -0.1) is 0 Å². The monoisotopic (exact) mass is 203 g/mol. The Morgan fingerprint density at radius 3 is 2.40 bits per heavy atom. The minimum absolute atomic E-state index is 0.271. The molecule has 0 amide bonds. The van der Waals surface area contributed by atoms with Gasteiger partial charge in [-0.3, -0.25) is 0 Å². The van der Waals surface area contributed by atoms with Crippen molar-refractivity contribution < 1.29 is 4.39 Å². The number of anilines is 1. The predicted octanol–water partition coefficient (Wildman–Crippen LogP) is 2.17. The molecule has 0 fully saturated rings. The number of aryl methyl sites for hydroxylation is 1. The molecule has 76 valence electrons. The molecular weight excluding hydrogens is 193 g/mol. The first-order valence-electron chi connectivity index (χ1n) is 4.51. The molecule has 0 saturated heterocycles. The third kappa shape index (κ3) is 1.79.